The standard InChI is InChI=1S/C95H54N8S2/c1-52(59-46-48-69-79(49-59)105-93-81(69)84(57-26-7-4-8-27-57)96-94(99-93)103-75-37-19-14-31-63(75)72-51-73-65-47-45-56-25-9-10-29-61(56)87(65)101-77-39-21-16-34-67(77)83(89(73)101)91(72)103)60-28-11-12-32-64(60)86-53(2)70-50-71-62-30-13-18-36-74(62)102(90(71)82-66-33-15-20-38-76(66)100(86)88(70)82)95-97-85(80-68-35-17-22-40-78(68)104-92(80)98-95)58-43-41-55(42-44-58)54-23-5-3-6-24-54/h3-51H,1H2,2H3. The van der Waals surface area contributed by atoms with E-state index in [0.717, 1.165) is 136 Å². The first-order chi connectivity index (χ1) is 52.0. The maximum absolute atomic E-state index is 5.78. The Hall–Kier alpha value is -13.4. The van der Waals surface area contributed by atoms with Gasteiger partial charge in [-0.05, 0) is 94.2 Å². The molecular weight excluding hydrogens is 1320 g/mol. The molecule has 8 nitrogen and oxygen atoms in total. The number of hydrogen-bond donors (Lipinski definition) is 0. The van der Waals surface area contributed by atoms with E-state index in [9.17, 15) is 0 Å². The molecule has 10 aromatic heterocycles. The Bertz CT molecular complexity index is 7920. The number of fused-ring (bicyclic) bond motifs is 25. The molecule has 0 N–H and O–H groups in total. The Balaban J connectivity index is 0.685. The van der Waals surface area contributed by atoms with Crippen molar-refractivity contribution in [2.24, 2.45) is 0 Å². The molecule has 10 heterocycles. The van der Waals surface area contributed by atoms with Crippen LogP contribution >= 0.6 is 22.7 Å². The van der Waals surface area contributed by atoms with Gasteiger partial charge in [-0.25, -0.2) is 19.9 Å². The molecule has 0 aliphatic rings. The molecule has 0 bridgehead atoms. The highest BCUT2D eigenvalue weighted by Gasteiger charge is 2.31. The molecule has 0 unspecified atom stereocenters. The van der Waals surface area contributed by atoms with Crippen LogP contribution in [0.5, 0.6) is 0 Å². The first kappa shape index (κ1) is 57.3. The van der Waals surface area contributed by atoms with Crippen molar-refractivity contribution in [2.45, 2.75) is 6.92 Å². The highest BCUT2D eigenvalue weighted by molar-refractivity contribution is 7.26. The number of para-hydroxylation sites is 4. The summed E-state index contributed by atoms with van der Waals surface area (Å²) in [4.78, 5) is 24.8. The minimum atomic E-state index is 0.637. The highest BCUT2D eigenvalue weighted by Crippen LogP contribution is 2.52. The Kier molecular flexibility index (Phi) is 11.5. The van der Waals surface area contributed by atoms with Crippen LogP contribution in [0.1, 0.15) is 16.7 Å². The highest BCUT2D eigenvalue weighted by atomic mass is 32.1. The summed E-state index contributed by atoms with van der Waals surface area (Å²) in [5.74, 6) is 1.28. The zero-order valence-electron chi connectivity index (χ0n) is 56.4. The second-order valence-corrected chi connectivity index (χ2v) is 30.1. The van der Waals surface area contributed by atoms with Crippen LogP contribution in [0.3, 0.4) is 0 Å². The lowest BCUT2D eigenvalue weighted by Crippen LogP contribution is -2.03. The quantitative estimate of drug-likeness (QED) is 0.152. The summed E-state index contributed by atoms with van der Waals surface area (Å²) in [5.41, 5.74) is 22.9. The zero-order chi connectivity index (χ0) is 68.6. The van der Waals surface area contributed by atoms with Crippen molar-refractivity contribution in [3.05, 3.63) is 321 Å². The van der Waals surface area contributed by atoms with Crippen molar-refractivity contribution in [3.63, 3.8) is 0 Å². The van der Waals surface area contributed by atoms with Gasteiger partial charge >= 0.3 is 0 Å². The lowest BCUT2D eigenvalue weighted by Gasteiger charge is -2.14. The number of aryl methyl sites for hydroxylation is 1. The van der Waals surface area contributed by atoms with E-state index in [1.54, 1.807) is 22.7 Å². The van der Waals surface area contributed by atoms with E-state index >= 15 is 0 Å². The monoisotopic (exact) mass is 1370 g/mol. The third-order valence-corrected chi connectivity index (χ3v) is 24.8. The van der Waals surface area contributed by atoms with Crippen molar-refractivity contribution in [1.82, 2.24) is 37.9 Å². The van der Waals surface area contributed by atoms with Crippen molar-refractivity contribution in [2.75, 3.05) is 0 Å². The average Bonchev–Trinajstić information content (AvgIpc) is 1.52. The Morgan fingerprint density at radius 3 is 1.45 bits per heavy atom. The maximum Gasteiger partial charge on any atom is 0.236 e. The molecule has 24 aromatic rings. The topological polar surface area (TPSA) is 70.2 Å². The van der Waals surface area contributed by atoms with Gasteiger partial charge in [0.15, 0.2) is 0 Å². The van der Waals surface area contributed by atoms with E-state index in [4.69, 9.17) is 26.5 Å². The molecule has 10 heteroatoms. The molecular formula is C95H54N8S2. The first-order valence-electron chi connectivity index (χ1n) is 35.6. The van der Waals surface area contributed by atoms with Crippen molar-refractivity contribution in [1.29, 1.82) is 0 Å². The van der Waals surface area contributed by atoms with Gasteiger partial charge in [-0.3, -0.25) is 9.13 Å². The summed E-state index contributed by atoms with van der Waals surface area (Å²) in [7, 11) is 0. The van der Waals surface area contributed by atoms with E-state index in [-0.39, 0.29) is 0 Å². The average molecular weight is 1370 g/mol. The second-order valence-electron chi connectivity index (χ2n) is 28.0. The van der Waals surface area contributed by atoms with Gasteiger partial charge in [0, 0.05) is 112 Å². The molecule has 0 saturated carbocycles. The molecule has 0 spiro atoms. The van der Waals surface area contributed by atoms with Gasteiger partial charge in [-0.15, -0.1) is 22.7 Å². The molecule has 0 aliphatic carbocycles. The van der Waals surface area contributed by atoms with Crippen LogP contribution in [-0.4, -0.2) is 37.9 Å². The molecule has 0 fully saturated rings. The molecule has 0 saturated heterocycles. The predicted octanol–water partition coefficient (Wildman–Crippen LogP) is 25.5. The van der Waals surface area contributed by atoms with E-state index in [0.29, 0.717) is 11.9 Å². The molecule has 105 heavy (non-hydrogen) atoms. The van der Waals surface area contributed by atoms with Crippen LogP contribution in [0.4, 0.5) is 0 Å². The van der Waals surface area contributed by atoms with Crippen LogP contribution < -0.4 is 0 Å². The lowest BCUT2D eigenvalue weighted by atomic mass is 9.91. The molecule has 486 valence electrons. The van der Waals surface area contributed by atoms with Gasteiger partial charge in [0.05, 0.1) is 66.7 Å². The Labute approximate surface area is 606 Å². The van der Waals surface area contributed by atoms with Gasteiger partial charge in [0.25, 0.3) is 0 Å². The molecule has 0 aliphatic heterocycles. The second kappa shape index (κ2) is 21.1. The number of thiophene rings is 2. The summed E-state index contributed by atoms with van der Waals surface area (Å²) in [6.45, 7) is 7.35. The minimum Gasteiger partial charge on any atom is -0.308 e. The van der Waals surface area contributed by atoms with Gasteiger partial charge in [-0.1, -0.05) is 255 Å². The molecule has 14 aromatic carbocycles. The number of nitrogens with zero attached hydrogens (tertiary/aromatic N) is 8. The van der Waals surface area contributed by atoms with Gasteiger partial charge in [0.1, 0.15) is 9.66 Å². The molecule has 0 atom stereocenters. The van der Waals surface area contributed by atoms with Crippen molar-refractivity contribution >= 4 is 189 Å². The number of benzene rings is 14. The number of rotatable bonds is 8. The first-order valence-corrected chi connectivity index (χ1v) is 37.3. The van der Waals surface area contributed by atoms with E-state index in [1.807, 2.05) is 0 Å². The number of aromatic nitrogens is 8. The third-order valence-electron chi connectivity index (χ3n) is 22.7. The van der Waals surface area contributed by atoms with Gasteiger partial charge < -0.3 is 8.80 Å². The fourth-order valence-electron chi connectivity index (χ4n) is 18.1. The summed E-state index contributed by atoms with van der Waals surface area (Å²) in [6.07, 6.45) is 0. The van der Waals surface area contributed by atoms with Crippen LogP contribution in [-0.2, 0) is 0 Å². The van der Waals surface area contributed by atoms with E-state index in [2.05, 4.69) is 322 Å². The smallest absolute Gasteiger partial charge is 0.236 e. The fourth-order valence-corrected chi connectivity index (χ4v) is 20.3. The zero-order valence-corrected chi connectivity index (χ0v) is 58.0. The van der Waals surface area contributed by atoms with Gasteiger partial charge in [-0.2, -0.15) is 0 Å². The Morgan fingerprint density at radius 2 is 0.781 bits per heavy atom. The normalized spacial score (nSPS) is 12.5. The fraction of sp³-hybridized carbons (Fsp3) is 0.0105. The van der Waals surface area contributed by atoms with Crippen molar-refractivity contribution < 1.29 is 0 Å². The third kappa shape index (κ3) is 7.72. The molecule has 24 rings (SSSR count). The van der Waals surface area contributed by atoms with Crippen LogP contribution in [0.2, 0.25) is 0 Å². The summed E-state index contributed by atoms with van der Waals surface area (Å²) >= 11 is 3.45. The van der Waals surface area contributed by atoms with Crippen LogP contribution in [0.15, 0.2) is 304 Å². The maximum atomic E-state index is 5.78. The summed E-state index contributed by atoms with van der Waals surface area (Å²) in [5, 5.41) is 19.9. The summed E-state index contributed by atoms with van der Waals surface area (Å²) in [6, 6.07) is 108. The van der Waals surface area contributed by atoms with Crippen LogP contribution in [0.25, 0.3) is 223 Å². The van der Waals surface area contributed by atoms with Gasteiger partial charge in [0.2, 0.25) is 11.9 Å². The minimum absolute atomic E-state index is 0.637. The molecule has 0 radical (unpaired) electrons. The van der Waals surface area contributed by atoms with E-state index < -0.39 is 0 Å². The largest absolute Gasteiger partial charge is 0.308 e. The molecule has 0 amide bonds. The van der Waals surface area contributed by atoms with Crippen molar-refractivity contribution in [3.8, 4) is 56.8 Å². The summed E-state index contributed by atoms with van der Waals surface area (Å²) < 4.78 is 12.1. The lowest BCUT2D eigenvalue weighted by molar-refractivity contribution is 1.02. The Morgan fingerprint density at radius 1 is 0.314 bits per heavy atom. The predicted molar refractivity (Wildman–Crippen MR) is 442 cm³/mol. The van der Waals surface area contributed by atoms with E-state index in [1.165, 1.54) is 91.8 Å². The SMILES string of the molecule is C=C(c1ccc2c(c1)sc1nc(-n3c4ccccc4c4cc5c6ccc7ccccc7c6n6c7ccccc7c(c43)c56)nc(-c3ccccc3)c12)c1ccccc1-c1c(C)c2cc3c4ccccc4n(-c4nc(-c5ccc(-c6ccccc6)cc5)c5c(n4)sc4ccccc45)c3c3c4ccccc4n1c23. The number of hydrogen-bond acceptors (Lipinski definition) is 6. The van der Waals surface area contributed by atoms with Crippen LogP contribution in [0, 0.1) is 6.92 Å².